The zero-order valence-electron chi connectivity index (χ0n) is 11.4. The molecule has 0 aromatic carbocycles. The average Bonchev–Trinajstić information content (AvgIpc) is 2.25. The van der Waals surface area contributed by atoms with Crippen LogP contribution in [0.2, 0.25) is 0 Å². The van der Waals surface area contributed by atoms with Crippen LogP contribution in [-0.2, 0) is 4.79 Å². The summed E-state index contributed by atoms with van der Waals surface area (Å²) in [5, 5.41) is 12.2. The maximum absolute atomic E-state index is 11.0. The van der Waals surface area contributed by atoms with E-state index in [2.05, 4.69) is 12.2 Å². The van der Waals surface area contributed by atoms with Crippen molar-refractivity contribution in [3.05, 3.63) is 0 Å². The Morgan fingerprint density at radius 1 is 1.29 bits per heavy atom. The second kappa shape index (κ2) is 7.00. The van der Waals surface area contributed by atoms with Crippen LogP contribution in [0.5, 0.6) is 0 Å². The van der Waals surface area contributed by atoms with Crippen LogP contribution in [0.15, 0.2) is 0 Å². The molecule has 100 valence electrons. The van der Waals surface area contributed by atoms with E-state index in [4.69, 9.17) is 5.11 Å². The highest BCUT2D eigenvalue weighted by Gasteiger charge is 2.22. The van der Waals surface area contributed by atoms with Gasteiger partial charge in [-0.1, -0.05) is 46.5 Å². The zero-order chi connectivity index (χ0) is 12.8. The fourth-order valence-electron chi connectivity index (χ4n) is 2.67. The molecule has 0 spiro atoms. The van der Waals surface area contributed by atoms with Gasteiger partial charge >= 0.3 is 5.97 Å². The number of aliphatic carboxylic acids is 1. The Hall–Kier alpha value is -0.570. The van der Waals surface area contributed by atoms with Gasteiger partial charge in [0.25, 0.3) is 0 Å². The van der Waals surface area contributed by atoms with Gasteiger partial charge in [0, 0.05) is 0 Å². The summed E-state index contributed by atoms with van der Waals surface area (Å²) in [6.07, 6.45) is 6.46. The lowest BCUT2D eigenvalue weighted by atomic mass is 9.81. The summed E-state index contributed by atoms with van der Waals surface area (Å²) < 4.78 is 0. The number of carboxylic acids is 1. The Morgan fingerprint density at radius 3 is 2.35 bits per heavy atom. The van der Waals surface area contributed by atoms with Crippen LogP contribution in [0.1, 0.15) is 52.9 Å². The molecule has 1 saturated carbocycles. The number of rotatable bonds is 6. The number of carbonyl (C=O) groups is 1. The van der Waals surface area contributed by atoms with Gasteiger partial charge in [-0.2, -0.15) is 0 Å². The van der Waals surface area contributed by atoms with Gasteiger partial charge in [0.15, 0.2) is 0 Å². The van der Waals surface area contributed by atoms with E-state index in [1.807, 2.05) is 13.8 Å². The first kappa shape index (κ1) is 14.5. The van der Waals surface area contributed by atoms with Crippen molar-refractivity contribution >= 4 is 5.97 Å². The molecule has 17 heavy (non-hydrogen) atoms. The van der Waals surface area contributed by atoms with Gasteiger partial charge < -0.3 is 10.4 Å². The minimum atomic E-state index is -0.725. The molecular formula is C14H27NO2. The molecule has 0 saturated heterocycles. The fraction of sp³-hybridized carbons (Fsp3) is 0.929. The smallest absolute Gasteiger partial charge is 0.320 e. The van der Waals surface area contributed by atoms with E-state index in [0.29, 0.717) is 0 Å². The summed E-state index contributed by atoms with van der Waals surface area (Å²) in [7, 11) is 0. The maximum atomic E-state index is 11.0. The standard InChI is InChI=1S/C14H27NO2/c1-10(2)13(14(16)17)15-9-8-12-6-4-11(3)5-7-12/h10-13,15H,4-9H2,1-3H3,(H,16,17). The molecule has 1 atom stereocenters. The first-order chi connectivity index (χ1) is 8.00. The number of hydrogen-bond donors (Lipinski definition) is 2. The van der Waals surface area contributed by atoms with E-state index in [-0.39, 0.29) is 5.92 Å². The summed E-state index contributed by atoms with van der Waals surface area (Å²) >= 11 is 0. The van der Waals surface area contributed by atoms with Crippen molar-refractivity contribution in [1.82, 2.24) is 5.32 Å². The number of carboxylic acid groups (broad SMARTS) is 1. The van der Waals surface area contributed by atoms with E-state index in [9.17, 15) is 4.79 Å². The third-order valence-electron chi connectivity index (χ3n) is 3.98. The van der Waals surface area contributed by atoms with Crippen LogP contribution in [-0.4, -0.2) is 23.7 Å². The van der Waals surface area contributed by atoms with E-state index >= 15 is 0 Å². The van der Waals surface area contributed by atoms with Gasteiger partial charge in [0.1, 0.15) is 6.04 Å². The molecule has 0 radical (unpaired) electrons. The van der Waals surface area contributed by atoms with Gasteiger partial charge in [-0.25, -0.2) is 0 Å². The highest BCUT2D eigenvalue weighted by Crippen LogP contribution is 2.29. The molecule has 3 nitrogen and oxygen atoms in total. The Bertz CT molecular complexity index is 232. The highest BCUT2D eigenvalue weighted by molar-refractivity contribution is 5.73. The van der Waals surface area contributed by atoms with Gasteiger partial charge in [0.2, 0.25) is 0 Å². The maximum Gasteiger partial charge on any atom is 0.320 e. The summed E-state index contributed by atoms with van der Waals surface area (Å²) in [4.78, 5) is 11.0. The molecule has 0 aromatic rings. The Kier molecular flexibility index (Phi) is 5.96. The topological polar surface area (TPSA) is 49.3 Å². The molecule has 0 heterocycles. The Balaban J connectivity index is 2.20. The van der Waals surface area contributed by atoms with Gasteiger partial charge in [-0.15, -0.1) is 0 Å². The number of hydrogen-bond acceptors (Lipinski definition) is 2. The van der Waals surface area contributed by atoms with E-state index < -0.39 is 12.0 Å². The molecule has 0 aromatic heterocycles. The highest BCUT2D eigenvalue weighted by atomic mass is 16.4. The summed E-state index contributed by atoms with van der Waals surface area (Å²) in [5.74, 6) is 1.12. The zero-order valence-corrected chi connectivity index (χ0v) is 11.4. The molecule has 2 N–H and O–H groups in total. The van der Waals surface area contributed by atoms with Gasteiger partial charge in [0.05, 0.1) is 0 Å². The molecule has 1 fully saturated rings. The summed E-state index contributed by atoms with van der Waals surface area (Å²) in [6.45, 7) is 7.07. The van der Waals surface area contributed by atoms with Crippen molar-refractivity contribution in [2.24, 2.45) is 17.8 Å². The lowest BCUT2D eigenvalue weighted by Crippen LogP contribution is -2.41. The van der Waals surface area contributed by atoms with Crippen LogP contribution in [0.3, 0.4) is 0 Å². The Morgan fingerprint density at radius 2 is 1.88 bits per heavy atom. The lowest BCUT2D eigenvalue weighted by molar-refractivity contribution is -0.140. The average molecular weight is 241 g/mol. The van der Waals surface area contributed by atoms with E-state index in [1.54, 1.807) is 0 Å². The molecule has 0 aliphatic heterocycles. The van der Waals surface area contributed by atoms with Crippen molar-refractivity contribution < 1.29 is 9.90 Å². The first-order valence-corrected chi connectivity index (χ1v) is 6.97. The molecule has 1 aliphatic rings. The van der Waals surface area contributed by atoms with Crippen LogP contribution >= 0.6 is 0 Å². The van der Waals surface area contributed by atoms with Crippen molar-refractivity contribution in [3.63, 3.8) is 0 Å². The largest absolute Gasteiger partial charge is 0.480 e. The SMILES string of the molecule is CC1CCC(CCNC(C(=O)O)C(C)C)CC1. The third-order valence-corrected chi connectivity index (χ3v) is 3.98. The molecule has 0 bridgehead atoms. The predicted molar refractivity (Wildman–Crippen MR) is 70.0 cm³/mol. The van der Waals surface area contributed by atoms with E-state index in [0.717, 1.165) is 24.8 Å². The van der Waals surface area contributed by atoms with Crippen LogP contribution in [0, 0.1) is 17.8 Å². The van der Waals surface area contributed by atoms with Crippen LogP contribution in [0.25, 0.3) is 0 Å². The summed E-state index contributed by atoms with van der Waals surface area (Å²) in [6, 6.07) is -0.391. The van der Waals surface area contributed by atoms with Crippen molar-refractivity contribution in [1.29, 1.82) is 0 Å². The van der Waals surface area contributed by atoms with Crippen LogP contribution < -0.4 is 5.32 Å². The fourth-order valence-corrected chi connectivity index (χ4v) is 2.67. The van der Waals surface area contributed by atoms with Gasteiger partial charge in [-0.3, -0.25) is 4.79 Å². The second-order valence-electron chi connectivity index (χ2n) is 5.93. The van der Waals surface area contributed by atoms with Crippen molar-refractivity contribution in [2.45, 2.75) is 58.9 Å². The second-order valence-corrected chi connectivity index (χ2v) is 5.93. The Labute approximate surface area is 105 Å². The predicted octanol–water partition coefficient (Wildman–Crippen LogP) is 2.90. The lowest BCUT2D eigenvalue weighted by Gasteiger charge is -2.27. The molecule has 1 aliphatic carbocycles. The molecule has 3 heteroatoms. The minimum absolute atomic E-state index is 0.152. The van der Waals surface area contributed by atoms with Crippen LogP contribution in [0.4, 0.5) is 0 Å². The number of nitrogens with one attached hydrogen (secondary N) is 1. The third kappa shape index (κ3) is 5.07. The van der Waals surface area contributed by atoms with Gasteiger partial charge in [-0.05, 0) is 30.7 Å². The normalized spacial score (nSPS) is 27.1. The van der Waals surface area contributed by atoms with E-state index in [1.165, 1.54) is 25.7 Å². The quantitative estimate of drug-likeness (QED) is 0.751. The molecule has 1 unspecified atom stereocenters. The van der Waals surface area contributed by atoms with Crippen molar-refractivity contribution in [3.8, 4) is 0 Å². The first-order valence-electron chi connectivity index (χ1n) is 6.97. The van der Waals surface area contributed by atoms with Crippen molar-refractivity contribution in [2.75, 3.05) is 6.54 Å². The minimum Gasteiger partial charge on any atom is -0.480 e. The molecule has 1 rings (SSSR count). The summed E-state index contributed by atoms with van der Waals surface area (Å²) in [5.41, 5.74) is 0. The molecular weight excluding hydrogens is 214 g/mol. The molecule has 0 amide bonds. The monoisotopic (exact) mass is 241 g/mol.